The second kappa shape index (κ2) is 7.50. The number of phenols is 1. The summed E-state index contributed by atoms with van der Waals surface area (Å²) < 4.78 is 2.10. The first-order valence-corrected chi connectivity index (χ1v) is 9.38. The van der Waals surface area contributed by atoms with Gasteiger partial charge in [0.1, 0.15) is 11.5 Å². The van der Waals surface area contributed by atoms with Gasteiger partial charge in [0.05, 0.1) is 5.56 Å². The minimum absolute atomic E-state index is 0.113. The Balaban J connectivity index is 1.89. The Bertz CT molecular complexity index is 1040. The van der Waals surface area contributed by atoms with Crippen molar-refractivity contribution in [2.75, 3.05) is 0 Å². The lowest BCUT2D eigenvalue weighted by molar-refractivity contribution is -0.126. The van der Waals surface area contributed by atoms with E-state index in [9.17, 15) is 14.7 Å². The van der Waals surface area contributed by atoms with Crippen LogP contribution in [0.5, 0.6) is 5.75 Å². The standard InChI is InChI=1S/C23H26N2O3/c1-23(2,3)21(27)11-9-16-14-25(19-7-5-4-6-17(16)19)13-15-8-10-18(22(24)28)20(26)12-15/h4-8,10,12,14,26H,9,11,13H2,1-3H3,(H2,24,28). The topological polar surface area (TPSA) is 85.3 Å². The molecule has 3 N–H and O–H groups in total. The van der Waals surface area contributed by atoms with Crippen molar-refractivity contribution in [3.8, 4) is 5.75 Å². The second-order valence-electron chi connectivity index (χ2n) is 8.19. The van der Waals surface area contributed by atoms with Crippen molar-refractivity contribution in [1.82, 2.24) is 4.57 Å². The highest BCUT2D eigenvalue weighted by molar-refractivity contribution is 5.95. The van der Waals surface area contributed by atoms with Gasteiger partial charge in [0.25, 0.3) is 5.91 Å². The van der Waals surface area contributed by atoms with E-state index < -0.39 is 5.91 Å². The molecule has 0 spiro atoms. The molecule has 0 saturated heterocycles. The number of rotatable bonds is 6. The van der Waals surface area contributed by atoms with Crippen molar-refractivity contribution in [3.63, 3.8) is 0 Å². The van der Waals surface area contributed by atoms with Gasteiger partial charge in [0.15, 0.2) is 0 Å². The lowest BCUT2D eigenvalue weighted by atomic mass is 9.87. The maximum absolute atomic E-state index is 12.3. The number of fused-ring (bicyclic) bond motifs is 1. The summed E-state index contributed by atoms with van der Waals surface area (Å²) in [6.07, 6.45) is 3.26. The van der Waals surface area contributed by atoms with Gasteiger partial charge in [-0.25, -0.2) is 0 Å². The van der Waals surface area contributed by atoms with Gasteiger partial charge in [0, 0.05) is 35.5 Å². The number of aromatic hydroxyl groups is 1. The molecule has 0 saturated carbocycles. The molecule has 0 bridgehead atoms. The molecule has 1 aromatic heterocycles. The molecule has 2 aromatic carbocycles. The van der Waals surface area contributed by atoms with Gasteiger partial charge >= 0.3 is 0 Å². The molecule has 1 heterocycles. The summed E-state index contributed by atoms with van der Waals surface area (Å²) in [5.74, 6) is -0.519. The average molecular weight is 378 g/mol. The molecule has 0 aliphatic heterocycles. The Labute approximate surface area is 164 Å². The van der Waals surface area contributed by atoms with Crippen LogP contribution >= 0.6 is 0 Å². The molecule has 28 heavy (non-hydrogen) atoms. The number of hydrogen-bond donors (Lipinski definition) is 2. The summed E-state index contributed by atoms with van der Waals surface area (Å²) in [5, 5.41) is 11.2. The SMILES string of the molecule is CC(C)(C)C(=O)CCc1cn(Cc2ccc(C(N)=O)c(O)c2)c2ccccc12. The highest BCUT2D eigenvalue weighted by atomic mass is 16.3. The van der Waals surface area contributed by atoms with Gasteiger partial charge in [-0.3, -0.25) is 9.59 Å². The normalized spacial score (nSPS) is 11.7. The van der Waals surface area contributed by atoms with Crippen LogP contribution in [-0.4, -0.2) is 21.4 Å². The molecule has 0 fully saturated rings. The Morgan fingerprint density at radius 1 is 1.11 bits per heavy atom. The van der Waals surface area contributed by atoms with Gasteiger partial charge < -0.3 is 15.4 Å². The third-order valence-electron chi connectivity index (χ3n) is 5.01. The van der Waals surface area contributed by atoms with Crippen LogP contribution in [0.15, 0.2) is 48.7 Å². The van der Waals surface area contributed by atoms with Crippen LogP contribution in [0.25, 0.3) is 10.9 Å². The third-order valence-corrected chi connectivity index (χ3v) is 5.01. The van der Waals surface area contributed by atoms with Crippen LogP contribution in [0.2, 0.25) is 0 Å². The van der Waals surface area contributed by atoms with Crippen molar-refractivity contribution in [3.05, 3.63) is 65.4 Å². The fourth-order valence-corrected chi connectivity index (χ4v) is 3.36. The highest BCUT2D eigenvalue weighted by Crippen LogP contribution is 2.26. The Morgan fingerprint density at radius 2 is 1.82 bits per heavy atom. The predicted molar refractivity (Wildman–Crippen MR) is 110 cm³/mol. The van der Waals surface area contributed by atoms with E-state index >= 15 is 0 Å². The smallest absolute Gasteiger partial charge is 0.252 e. The molecular weight excluding hydrogens is 352 g/mol. The van der Waals surface area contributed by atoms with E-state index in [1.807, 2.05) is 39.0 Å². The molecule has 3 rings (SSSR count). The number of amides is 1. The van der Waals surface area contributed by atoms with E-state index in [0.717, 1.165) is 22.0 Å². The Morgan fingerprint density at radius 3 is 2.46 bits per heavy atom. The molecule has 0 unspecified atom stereocenters. The maximum atomic E-state index is 12.3. The van der Waals surface area contributed by atoms with E-state index in [2.05, 4.69) is 16.8 Å². The molecule has 0 aliphatic carbocycles. The zero-order valence-corrected chi connectivity index (χ0v) is 16.5. The zero-order valence-electron chi connectivity index (χ0n) is 16.5. The average Bonchev–Trinajstić information content (AvgIpc) is 2.96. The van der Waals surface area contributed by atoms with Crippen molar-refractivity contribution >= 4 is 22.6 Å². The van der Waals surface area contributed by atoms with Crippen LogP contribution < -0.4 is 5.73 Å². The van der Waals surface area contributed by atoms with Gasteiger partial charge in [-0.2, -0.15) is 0 Å². The summed E-state index contributed by atoms with van der Waals surface area (Å²) in [6, 6.07) is 13.0. The number of nitrogens with two attached hydrogens (primary N) is 1. The lowest BCUT2D eigenvalue weighted by Crippen LogP contribution is -2.20. The number of para-hydroxylation sites is 1. The number of carbonyl (C=O) groups is 2. The minimum Gasteiger partial charge on any atom is -0.507 e. The summed E-state index contributed by atoms with van der Waals surface area (Å²) in [6.45, 7) is 6.38. The van der Waals surface area contributed by atoms with Crippen LogP contribution in [0.3, 0.4) is 0 Å². The van der Waals surface area contributed by atoms with Gasteiger partial charge in [-0.05, 0) is 35.7 Å². The van der Waals surface area contributed by atoms with E-state index in [0.29, 0.717) is 19.4 Å². The number of ketones is 1. The quantitative estimate of drug-likeness (QED) is 0.679. The first kappa shape index (κ1) is 19.7. The number of aryl methyl sites for hydroxylation is 1. The van der Waals surface area contributed by atoms with Crippen molar-refractivity contribution < 1.29 is 14.7 Å². The molecule has 1 amide bonds. The van der Waals surface area contributed by atoms with Crippen molar-refractivity contribution in [2.45, 2.75) is 40.2 Å². The summed E-state index contributed by atoms with van der Waals surface area (Å²) in [4.78, 5) is 23.6. The zero-order chi connectivity index (χ0) is 20.5. The number of nitrogens with zero attached hydrogens (tertiary/aromatic N) is 1. The monoisotopic (exact) mass is 378 g/mol. The fraction of sp³-hybridized carbons (Fsp3) is 0.304. The van der Waals surface area contributed by atoms with Crippen molar-refractivity contribution in [2.24, 2.45) is 11.1 Å². The summed E-state index contributed by atoms with van der Waals surface area (Å²) >= 11 is 0. The van der Waals surface area contributed by atoms with Crippen LogP contribution in [0, 0.1) is 5.41 Å². The first-order chi connectivity index (χ1) is 13.2. The van der Waals surface area contributed by atoms with Crippen LogP contribution in [0.1, 0.15) is 48.7 Å². The summed E-state index contributed by atoms with van der Waals surface area (Å²) in [5.41, 5.74) is 8.09. The largest absolute Gasteiger partial charge is 0.507 e. The van der Waals surface area contributed by atoms with Gasteiger partial charge in [-0.1, -0.05) is 45.0 Å². The molecule has 5 nitrogen and oxygen atoms in total. The van der Waals surface area contributed by atoms with E-state index in [4.69, 9.17) is 5.73 Å². The Hall–Kier alpha value is -3.08. The molecule has 0 radical (unpaired) electrons. The number of aromatic nitrogens is 1. The number of primary amides is 1. The van der Waals surface area contributed by atoms with Crippen LogP contribution in [-0.2, 0) is 17.8 Å². The molecule has 5 heteroatoms. The van der Waals surface area contributed by atoms with E-state index in [1.54, 1.807) is 18.2 Å². The Kier molecular flexibility index (Phi) is 5.27. The van der Waals surface area contributed by atoms with E-state index in [1.165, 1.54) is 0 Å². The predicted octanol–water partition coefficient (Wildman–Crippen LogP) is 4.04. The lowest BCUT2D eigenvalue weighted by Gasteiger charge is -2.16. The van der Waals surface area contributed by atoms with Crippen LogP contribution in [0.4, 0.5) is 0 Å². The minimum atomic E-state index is -0.652. The molecular formula is C23H26N2O3. The van der Waals surface area contributed by atoms with E-state index in [-0.39, 0.29) is 22.5 Å². The number of carbonyl (C=O) groups excluding carboxylic acids is 2. The first-order valence-electron chi connectivity index (χ1n) is 9.38. The second-order valence-corrected chi connectivity index (χ2v) is 8.19. The molecule has 3 aromatic rings. The van der Waals surface area contributed by atoms with Gasteiger partial charge in [-0.15, -0.1) is 0 Å². The number of Topliss-reactive ketones (excluding diaryl/α,β-unsaturated/α-hetero) is 1. The van der Waals surface area contributed by atoms with Crippen molar-refractivity contribution in [1.29, 1.82) is 0 Å². The molecule has 146 valence electrons. The fourth-order valence-electron chi connectivity index (χ4n) is 3.36. The summed E-state index contributed by atoms with van der Waals surface area (Å²) in [7, 11) is 0. The molecule has 0 atom stereocenters. The highest BCUT2D eigenvalue weighted by Gasteiger charge is 2.21. The molecule has 0 aliphatic rings. The van der Waals surface area contributed by atoms with Gasteiger partial charge in [0.2, 0.25) is 0 Å². The maximum Gasteiger partial charge on any atom is 0.252 e. The third kappa shape index (κ3) is 4.09. The number of hydrogen-bond acceptors (Lipinski definition) is 3. The number of benzene rings is 2.